The molecule has 7 heteroatoms. The third kappa shape index (κ3) is 5.13. The number of nitrogens with zero attached hydrogens (tertiary/aromatic N) is 1. The molecule has 0 bridgehead atoms. The molecule has 1 aromatic rings. The third-order valence-corrected chi connectivity index (χ3v) is 5.09. The predicted molar refractivity (Wildman–Crippen MR) is 89.6 cm³/mol. The van der Waals surface area contributed by atoms with E-state index in [-0.39, 0.29) is 11.8 Å². The van der Waals surface area contributed by atoms with E-state index in [0.717, 1.165) is 12.2 Å². The largest absolute Gasteiger partial charge is 0.497 e. The van der Waals surface area contributed by atoms with Crippen molar-refractivity contribution in [3.05, 3.63) is 29.8 Å². The fourth-order valence-electron chi connectivity index (χ4n) is 2.89. The molecule has 1 saturated heterocycles. The fraction of sp³-hybridized carbons (Fsp3) is 0.562. The molecular weight excluding hydrogens is 316 g/mol. The average molecular weight is 340 g/mol. The highest BCUT2D eigenvalue weighted by Gasteiger charge is 2.28. The lowest BCUT2D eigenvalue weighted by molar-refractivity contribution is 0.206. The zero-order valence-electron chi connectivity index (χ0n) is 13.8. The minimum absolute atomic E-state index is 0.0471. The fourth-order valence-corrected chi connectivity index (χ4v) is 3.88. The number of urea groups is 1. The number of rotatable bonds is 5. The summed E-state index contributed by atoms with van der Waals surface area (Å²) in [5, 5.41) is 2.76. The van der Waals surface area contributed by atoms with E-state index >= 15 is 0 Å². The zero-order valence-corrected chi connectivity index (χ0v) is 14.6. The van der Waals surface area contributed by atoms with Crippen molar-refractivity contribution in [1.82, 2.24) is 10.2 Å². The number of ether oxygens (including phenoxy) is 1. The molecule has 0 spiro atoms. The first-order valence-electron chi connectivity index (χ1n) is 7.65. The van der Waals surface area contributed by atoms with Crippen LogP contribution in [0.15, 0.2) is 24.3 Å². The van der Waals surface area contributed by atoms with Gasteiger partial charge >= 0.3 is 6.03 Å². The number of hydrogen-bond acceptors (Lipinski definition) is 4. The summed E-state index contributed by atoms with van der Waals surface area (Å²) in [5.41, 5.74) is 1.19. The number of carbonyl (C=O) groups is 1. The number of nitrogens with one attached hydrogen (secondary N) is 1. The Morgan fingerprint density at radius 1 is 1.39 bits per heavy atom. The normalized spacial score (nSPS) is 19.4. The number of amides is 2. The molecule has 128 valence electrons. The molecule has 1 aliphatic heterocycles. The number of benzene rings is 1. The van der Waals surface area contributed by atoms with Crippen molar-refractivity contribution in [3.63, 3.8) is 0 Å². The summed E-state index contributed by atoms with van der Waals surface area (Å²) in [7, 11) is -1.46. The van der Waals surface area contributed by atoms with Crippen molar-refractivity contribution in [2.45, 2.75) is 25.3 Å². The van der Waals surface area contributed by atoms with Crippen LogP contribution in [0, 0.1) is 0 Å². The van der Waals surface area contributed by atoms with Crippen LogP contribution in [0.2, 0.25) is 0 Å². The number of sulfone groups is 1. The topological polar surface area (TPSA) is 75.7 Å². The van der Waals surface area contributed by atoms with Crippen LogP contribution >= 0.6 is 0 Å². The van der Waals surface area contributed by atoms with Gasteiger partial charge in [0.2, 0.25) is 0 Å². The van der Waals surface area contributed by atoms with Gasteiger partial charge in [-0.3, -0.25) is 0 Å². The number of likely N-dealkylation sites (tertiary alicyclic amines) is 1. The van der Waals surface area contributed by atoms with Gasteiger partial charge in [-0.15, -0.1) is 0 Å². The lowest BCUT2D eigenvalue weighted by Crippen LogP contribution is -2.45. The van der Waals surface area contributed by atoms with Gasteiger partial charge in [0.15, 0.2) is 0 Å². The second-order valence-corrected chi connectivity index (χ2v) is 8.33. The smallest absolute Gasteiger partial charge is 0.317 e. The average Bonchev–Trinajstić information content (AvgIpc) is 2.95. The minimum atomic E-state index is -3.10. The Kier molecular flexibility index (Phi) is 5.51. The van der Waals surface area contributed by atoms with E-state index in [1.807, 2.05) is 24.3 Å². The van der Waals surface area contributed by atoms with Crippen molar-refractivity contribution in [1.29, 1.82) is 0 Å². The monoisotopic (exact) mass is 340 g/mol. The summed E-state index contributed by atoms with van der Waals surface area (Å²) in [6.07, 6.45) is 2.07. The molecular formula is C16H24N2O4S. The molecule has 0 radical (unpaired) electrons. The Balaban J connectivity index is 1.89. The quantitative estimate of drug-likeness (QED) is 0.884. The molecule has 1 fully saturated rings. The van der Waals surface area contributed by atoms with Crippen LogP contribution in [-0.4, -0.2) is 57.6 Å². The van der Waals surface area contributed by atoms with Crippen LogP contribution in [0.5, 0.6) is 5.75 Å². The van der Waals surface area contributed by atoms with Gasteiger partial charge in [-0.05, 0) is 31.0 Å². The van der Waals surface area contributed by atoms with Crippen LogP contribution in [-0.2, 0) is 9.84 Å². The summed E-state index contributed by atoms with van der Waals surface area (Å²) in [6, 6.07) is 7.31. The summed E-state index contributed by atoms with van der Waals surface area (Å²) in [6.45, 7) is 3.02. The maximum absolute atomic E-state index is 12.2. The first-order chi connectivity index (χ1) is 10.8. The van der Waals surface area contributed by atoms with Crippen LogP contribution < -0.4 is 10.1 Å². The number of hydrogen-bond donors (Lipinski definition) is 1. The Bertz CT molecular complexity index is 643. The Morgan fingerprint density at radius 2 is 2.04 bits per heavy atom. The van der Waals surface area contributed by atoms with Crippen molar-refractivity contribution in [2.75, 3.05) is 32.2 Å². The first-order valence-corrected chi connectivity index (χ1v) is 9.71. The molecule has 0 saturated carbocycles. The zero-order chi connectivity index (χ0) is 17.0. The van der Waals surface area contributed by atoms with E-state index in [1.54, 1.807) is 18.9 Å². The summed E-state index contributed by atoms with van der Waals surface area (Å²) in [5.74, 6) is 1.07. The molecule has 0 aromatic heterocycles. The van der Waals surface area contributed by atoms with Crippen LogP contribution in [0.1, 0.15) is 24.8 Å². The third-order valence-electron chi connectivity index (χ3n) is 3.99. The summed E-state index contributed by atoms with van der Waals surface area (Å²) in [4.78, 5) is 14.0. The molecule has 23 heavy (non-hydrogen) atoms. The van der Waals surface area contributed by atoms with Gasteiger partial charge in [0.1, 0.15) is 15.6 Å². The Labute approximate surface area is 137 Å². The van der Waals surface area contributed by atoms with Crippen LogP contribution in [0.25, 0.3) is 0 Å². The SMILES string of the molecule is COc1ccc(C2CCN(C(=O)NC(C)CS(C)(=O)=O)C2)cc1. The standard InChI is InChI=1S/C16H24N2O4S/c1-12(11-23(3,20)21)17-16(19)18-9-8-14(10-18)13-4-6-15(22-2)7-5-13/h4-7,12,14H,8-11H2,1-3H3,(H,17,19). The second-order valence-electron chi connectivity index (χ2n) is 6.15. The minimum Gasteiger partial charge on any atom is -0.497 e. The van der Waals surface area contributed by atoms with E-state index in [1.165, 1.54) is 11.8 Å². The maximum Gasteiger partial charge on any atom is 0.317 e. The van der Waals surface area contributed by atoms with Gasteiger partial charge in [0.05, 0.1) is 12.9 Å². The van der Waals surface area contributed by atoms with Gasteiger partial charge < -0.3 is 15.0 Å². The number of methoxy groups -OCH3 is 1. The van der Waals surface area contributed by atoms with Gasteiger partial charge in [-0.1, -0.05) is 12.1 Å². The lowest BCUT2D eigenvalue weighted by Gasteiger charge is -2.20. The Morgan fingerprint density at radius 3 is 2.61 bits per heavy atom. The van der Waals surface area contributed by atoms with Gasteiger partial charge in [-0.2, -0.15) is 0 Å². The van der Waals surface area contributed by atoms with Gasteiger partial charge in [-0.25, -0.2) is 13.2 Å². The molecule has 6 nitrogen and oxygen atoms in total. The van der Waals surface area contributed by atoms with Gasteiger partial charge in [0, 0.05) is 31.3 Å². The molecule has 1 aliphatic rings. The summed E-state index contributed by atoms with van der Waals surface area (Å²) >= 11 is 0. The van der Waals surface area contributed by atoms with E-state index in [2.05, 4.69) is 5.32 Å². The highest BCUT2D eigenvalue weighted by Crippen LogP contribution is 2.28. The van der Waals surface area contributed by atoms with Crippen molar-refractivity contribution in [3.8, 4) is 5.75 Å². The molecule has 1 heterocycles. The second kappa shape index (κ2) is 7.21. The predicted octanol–water partition coefficient (Wildman–Crippen LogP) is 1.63. The molecule has 2 unspecified atom stereocenters. The molecule has 2 rings (SSSR count). The molecule has 1 aromatic carbocycles. The molecule has 1 N–H and O–H groups in total. The number of carbonyl (C=O) groups excluding carboxylic acids is 1. The van der Waals surface area contributed by atoms with Crippen molar-refractivity contribution < 1.29 is 17.9 Å². The van der Waals surface area contributed by atoms with E-state index < -0.39 is 15.9 Å². The maximum atomic E-state index is 12.2. The van der Waals surface area contributed by atoms with Crippen molar-refractivity contribution >= 4 is 15.9 Å². The van der Waals surface area contributed by atoms with E-state index in [4.69, 9.17) is 4.74 Å². The van der Waals surface area contributed by atoms with Crippen molar-refractivity contribution in [2.24, 2.45) is 0 Å². The highest BCUT2D eigenvalue weighted by atomic mass is 32.2. The van der Waals surface area contributed by atoms with Crippen LogP contribution in [0.3, 0.4) is 0 Å². The van der Waals surface area contributed by atoms with E-state index in [9.17, 15) is 13.2 Å². The first kappa shape index (κ1) is 17.6. The van der Waals surface area contributed by atoms with E-state index in [0.29, 0.717) is 19.0 Å². The lowest BCUT2D eigenvalue weighted by atomic mass is 9.98. The molecule has 2 amide bonds. The van der Waals surface area contributed by atoms with Crippen LogP contribution in [0.4, 0.5) is 4.79 Å². The van der Waals surface area contributed by atoms with Gasteiger partial charge in [0.25, 0.3) is 0 Å². The highest BCUT2D eigenvalue weighted by molar-refractivity contribution is 7.90. The molecule has 0 aliphatic carbocycles. The summed E-state index contributed by atoms with van der Waals surface area (Å²) < 4.78 is 27.7. The molecule has 2 atom stereocenters. The Hall–Kier alpha value is -1.76.